The Morgan fingerprint density at radius 2 is 1.89 bits per heavy atom. The molecule has 0 aromatic heterocycles. The van der Waals surface area contributed by atoms with Crippen LogP contribution in [-0.2, 0) is 9.59 Å². The van der Waals surface area contributed by atoms with Crippen molar-refractivity contribution >= 4 is 11.8 Å². The third-order valence-electron chi connectivity index (χ3n) is 3.58. The zero-order chi connectivity index (χ0) is 14.4. The lowest BCUT2D eigenvalue weighted by Gasteiger charge is -2.33. The summed E-state index contributed by atoms with van der Waals surface area (Å²) in [5.74, 6) is 0.187. The summed E-state index contributed by atoms with van der Waals surface area (Å²) < 4.78 is 0. The largest absolute Gasteiger partial charge is 0.352 e. The number of nitrogens with two attached hydrogens (primary N) is 1. The Balaban J connectivity index is 2.34. The Morgan fingerprint density at radius 1 is 1.32 bits per heavy atom. The second-order valence-corrected chi connectivity index (χ2v) is 5.66. The van der Waals surface area contributed by atoms with Crippen molar-refractivity contribution in [2.45, 2.75) is 58.5 Å². The number of carbonyl (C=O) groups is 2. The molecule has 2 amide bonds. The second-order valence-electron chi connectivity index (χ2n) is 5.66. The topological polar surface area (TPSA) is 75.4 Å². The first-order valence-electron chi connectivity index (χ1n) is 7.30. The zero-order valence-corrected chi connectivity index (χ0v) is 12.3. The van der Waals surface area contributed by atoms with Crippen molar-refractivity contribution < 1.29 is 9.59 Å². The van der Waals surface area contributed by atoms with Gasteiger partial charge in [-0.05, 0) is 19.3 Å². The van der Waals surface area contributed by atoms with Crippen LogP contribution in [0.3, 0.4) is 0 Å². The molecular formula is C14H27N3O2. The number of rotatable bonds is 5. The highest BCUT2D eigenvalue weighted by atomic mass is 16.2. The van der Waals surface area contributed by atoms with Crippen molar-refractivity contribution in [3.63, 3.8) is 0 Å². The molecule has 0 aliphatic carbocycles. The molecular weight excluding hydrogens is 242 g/mol. The van der Waals surface area contributed by atoms with Gasteiger partial charge in [0.25, 0.3) is 0 Å². The van der Waals surface area contributed by atoms with Crippen LogP contribution in [0.1, 0.15) is 46.5 Å². The molecule has 110 valence electrons. The van der Waals surface area contributed by atoms with Crippen LogP contribution in [0.4, 0.5) is 0 Å². The third kappa shape index (κ3) is 4.82. The SMILES string of the molecule is CCC[C@H](N)C(=O)NC1CCN(C(=O)C(C)C)CC1. The maximum absolute atomic E-state index is 11.8. The summed E-state index contributed by atoms with van der Waals surface area (Å²) in [5, 5.41) is 2.99. The van der Waals surface area contributed by atoms with E-state index in [9.17, 15) is 9.59 Å². The smallest absolute Gasteiger partial charge is 0.237 e. The summed E-state index contributed by atoms with van der Waals surface area (Å²) in [5.41, 5.74) is 5.78. The molecule has 1 atom stereocenters. The van der Waals surface area contributed by atoms with Gasteiger partial charge in [-0.2, -0.15) is 0 Å². The number of nitrogens with one attached hydrogen (secondary N) is 1. The van der Waals surface area contributed by atoms with E-state index >= 15 is 0 Å². The molecule has 1 saturated heterocycles. The molecule has 0 aromatic rings. The molecule has 5 nitrogen and oxygen atoms in total. The maximum Gasteiger partial charge on any atom is 0.237 e. The standard InChI is InChI=1S/C14H27N3O2/c1-4-5-12(15)13(18)16-11-6-8-17(9-7-11)14(19)10(2)3/h10-12H,4-9,15H2,1-3H3,(H,16,18)/t12-/m0/s1. The van der Waals surface area contributed by atoms with Crippen LogP contribution in [0.2, 0.25) is 0 Å². The summed E-state index contributed by atoms with van der Waals surface area (Å²) in [6.45, 7) is 7.30. The van der Waals surface area contributed by atoms with Crippen LogP contribution in [0.25, 0.3) is 0 Å². The average Bonchev–Trinajstić information content (AvgIpc) is 2.38. The predicted octanol–water partition coefficient (Wildman–Crippen LogP) is 0.877. The quantitative estimate of drug-likeness (QED) is 0.778. The lowest BCUT2D eigenvalue weighted by Crippen LogP contribution is -2.51. The van der Waals surface area contributed by atoms with Gasteiger partial charge in [-0.15, -0.1) is 0 Å². The number of piperidine rings is 1. The van der Waals surface area contributed by atoms with E-state index < -0.39 is 6.04 Å². The Morgan fingerprint density at radius 3 is 2.37 bits per heavy atom. The molecule has 0 saturated carbocycles. The summed E-state index contributed by atoms with van der Waals surface area (Å²) in [7, 11) is 0. The van der Waals surface area contributed by atoms with Crippen LogP contribution >= 0.6 is 0 Å². The van der Waals surface area contributed by atoms with Gasteiger partial charge >= 0.3 is 0 Å². The number of nitrogens with zero attached hydrogens (tertiary/aromatic N) is 1. The fourth-order valence-electron chi connectivity index (χ4n) is 2.36. The Labute approximate surface area is 115 Å². The van der Waals surface area contributed by atoms with Crippen molar-refractivity contribution in [2.75, 3.05) is 13.1 Å². The van der Waals surface area contributed by atoms with Gasteiger partial charge in [0.1, 0.15) is 0 Å². The van der Waals surface area contributed by atoms with E-state index in [4.69, 9.17) is 5.73 Å². The molecule has 0 aromatic carbocycles. The summed E-state index contributed by atoms with van der Waals surface area (Å²) in [4.78, 5) is 25.5. The van der Waals surface area contributed by atoms with E-state index in [-0.39, 0.29) is 23.8 Å². The van der Waals surface area contributed by atoms with Crippen molar-refractivity contribution in [1.82, 2.24) is 10.2 Å². The Bertz CT molecular complexity index is 310. The van der Waals surface area contributed by atoms with E-state index in [1.807, 2.05) is 25.7 Å². The monoisotopic (exact) mass is 269 g/mol. The molecule has 1 rings (SSSR count). The number of carbonyl (C=O) groups excluding carboxylic acids is 2. The number of hydrogen-bond acceptors (Lipinski definition) is 3. The first kappa shape index (κ1) is 16.0. The van der Waals surface area contributed by atoms with Crippen LogP contribution in [0, 0.1) is 5.92 Å². The highest BCUT2D eigenvalue weighted by molar-refractivity contribution is 5.82. The second kappa shape index (κ2) is 7.48. The summed E-state index contributed by atoms with van der Waals surface area (Å²) in [6.07, 6.45) is 3.28. The van der Waals surface area contributed by atoms with Gasteiger partial charge in [0.2, 0.25) is 11.8 Å². The summed E-state index contributed by atoms with van der Waals surface area (Å²) >= 11 is 0. The molecule has 1 aliphatic rings. The fourth-order valence-corrected chi connectivity index (χ4v) is 2.36. The van der Waals surface area contributed by atoms with E-state index in [1.165, 1.54) is 0 Å². The van der Waals surface area contributed by atoms with Gasteiger partial charge < -0.3 is 16.0 Å². The molecule has 1 heterocycles. The molecule has 0 unspecified atom stereocenters. The van der Waals surface area contributed by atoms with Crippen LogP contribution < -0.4 is 11.1 Å². The van der Waals surface area contributed by atoms with Crippen molar-refractivity contribution in [1.29, 1.82) is 0 Å². The number of hydrogen-bond donors (Lipinski definition) is 2. The van der Waals surface area contributed by atoms with Crippen LogP contribution in [0.5, 0.6) is 0 Å². The predicted molar refractivity (Wildman–Crippen MR) is 75.5 cm³/mol. The van der Waals surface area contributed by atoms with Crippen molar-refractivity contribution in [2.24, 2.45) is 11.7 Å². The molecule has 3 N–H and O–H groups in total. The van der Waals surface area contributed by atoms with E-state index in [0.717, 1.165) is 38.8 Å². The van der Waals surface area contributed by atoms with Crippen molar-refractivity contribution in [3.8, 4) is 0 Å². The fraction of sp³-hybridized carbons (Fsp3) is 0.857. The van der Waals surface area contributed by atoms with Gasteiger partial charge in [-0.25, -0.2) is 0 Å². The molecule has 1 fully saturated rings. The van der Waals surface area contributed by atoms with Gasteiger partial charge in [0.05, 0.1) is 6.04 Å². The lowest BCUT2D eigenvalue weighted by atomic mass is 10.0. The van der Waals surface area contributed by atoms with E-state index in [1.54, 1.807) is 0 Å². The molecule has 5 heteroatoms. The Kier molecular flexibility index (Phi) is 6.28. The van der Waals surface area contributed by atoms with E-state index in [2.05, 4.69) is 5.32 Å². The van der Waals surface area contributed by atoms with Crippen LogP contribution in [-0.4, -0.2) is 41.9 Å². The van der Waals surface area contributed by atoms with Gasteiger partial charge in [-0.3, -0.25) is 9.59 Å². The van der Waals surface area contributed by atoms with Crippen molar-refractivity contribution in [3.05, 3.63) is 0 Å². The third-order valence-corrected chi connectivity index (χ3v) is 3.58. The molecule has 0 spiro atoms. The van der Waals surface area contributed by atoms with Gasteiger partial charge in [0, 0.05) is 25.0 Å². The zero-order valence-electron chi connectivity index (χ0n) is 12.3. The number of likely N-dealkylation sites (tertiary alicyclic amines) is 1. The average molecular weight is 269 g/mol. The minimum atomic E-state index is -0.402. The number of amides is 2. The minimum Gasteiger partial charge on any atom is -0.352 e. The maximum atomic E-state index is 11.8. The van der Waals surface area contributed by atoms with Crippen LogP contribution in [0.15, 0.2) is 0 Å². The molecule has 0 radical (unpaired) electrons. The van der Waals surface area contributed by atoms with E-state index in [0.29, 0.717) is 0 Å². The van der Waals surface area contributed by atoms with Gasteiger partial charge in [-0.1, -0.05) is 27.2 Å². The highest BCUT2D eigenvalue weighted by Gasteiger charge is 2.26. The first-order valence-corrected chi connectivity index (χ1v) is 7.30. The summed E-state index contributed by atoms with van der Waals surface area (Å²) in [6, 6.07) is -0.244. The Hall–Kier alpha value is -1.10. The normalized spacial score (nSPS) is 18.5. The minimum absolute atomic E-state index is 0.0455. The molecule has 0 bridgehead atoms. The molecule has 19 heavy (non-hydrogen) atoms. The lowest BCUT2D eigenvalue weighted by molar-refractivity contribution is -0.135. The first-order chi connectivity index (χ1) is 8.95. The highest BCUT2D eigenvalue weighted by Crippen LogP contribution is 2.13. The molecule has 1 aliphatic heterocycles. The van der Waals surface area contributed by atoms with Gasteiger partial charge in [0.15, 0.2) is 0 Å².